The Morgan fingerprint density at radius 2 is 1.67 bits per heavy atom. The zero-order valence-electron chi connectivity index (χ0n) is 15.2. The maximum Gasteiger partial charge on any atom is 0.255 e. The number of anilines is 1. The van der Waals surface area contributed by atoms with Crippen LogP contribution in [0.15, 0.2) is 42.5 Å². The minimum atomic E-state index is -0.0850. The first-order valence-corrected chi connectivity index (χ1v) is 8.45. The van der Waals surface area contributed by atoms with Gasteiger partial charge in [-0.2, -0.15) is 0 Å². The van der Waals surface area contributed by atoms with Gasteiger partial charge in [0.1, 0.15) is 0 Å². The van der Waals surface area contributed by atoms with Gasteiger partial charge in [-0.25, -0.2) is 0 Å². The standard InChI is InChI=1S/C21H27NO2/c1-14(2)18-10-11-20(19(12-18)15(3)4)22-21(23)17-8-6-16(7-9-17)13-24-5/h6-12,14-15H,13H2,1-5H3,(H,22,23). The van der Waals surface area contributed by atoms with Gasteiger partial charge < -0.3 is 10.1 Å². The van der Waals surface area contributed by atoms with Gasteiger partial charge in [-0.1, -0.05) is 52.0 Å². The molecule has 0 saturated heterocycles. The molecule has 0 aromatic heterocycles. The second-order valence-corrected chi connectivity index (χ2v) is 6.74. The van der Waals surface area contributed by atoms with Gasteiger partial charge in [0.05, 0.1) is 6.61 Å². The number of rotatable bonds is 6. The number of hydrogen-bond acceptors (Lipinski definition) is 2. The highest BCUT2D eigenvalue weighted by molar-refractivity contribution is 6.04. The summed E-state index contributed by atoms with van der Waals surface area (Å²) in [5, 5.41) is 3.06. The summed E-state index contributed by atoms with van der Waals surface area (Å²) >= 11 is 0. The van der Waals surface area contributed by atoms with Crippen LogP contribution in [0.3, 0.4) is 0 Å². The van der Waals surface area contributed by atoms with Gasteiger partial charge in [-0.3, -0.25) is 4.79 Å². The average molecular weight is 325 g/mol. The molecule has 2 aromatic carbocycles. The van der Waals surface area contributed by atoms with E-state index in [1.54, 1.807) is 7.11 Å². The van der Waals surface area contributed by atoms with Gasteiger partial charge in [0.25, 0.3) is 5.91 Å². The van der Waals surface area contributed by atoms with Crippen molar-refractivity contribution in [3.05, 3.63) is 64.7 Å². The van der Waals surface area contributed by atoms with Crippen molar-refractivity contribution in [2.24, 2.45) is 0 Å². The highest BCUT2D eigenvalue weighted by Crippen LogP contribution is 2.28. The molecular formula is C21H27NO2. The summed E-state index contributed by atoms with van der Waals surface area (Å²) in [7, 11) is 1.66. The number of ether oxygens (including phenoxy) is 1. The number of hydrogen-bond donors (Lipinski definition) is 1. The molecule has 2 rings (SSSR count). The lowest BCUT2D eigenvalue weighted by Crippen LogP contribution is -2.14. The van der Waals surface area contributed by atoms with E-state index in [2.05, 4.69) is 45.1 Å². The second kappa shape index (κ2) is 8.11. The van der Waals surface area contributed by atoms with Crippen LogP contribution in [-0.2, 0) is 11.3 Å². The molecule has 0 aliphatic rings. The van der Waals surface area contributed by atoms with E-state index in [0.29, 0.717) is 24.0 Å². The maximum atomic E-state index is 12.5. The van der Waals surface area contributed by atoms with E-state index in [0.717, 1.165) is 11.3 Å². The summed E-state index contributed by atoms with van der Waals surface area (Å²) in [6, 6.07) is 13.8. The van der Waals surface area contributed by atoms with Gasteiger partial charge in [0.2, 0.25) is 0 Å². The summed E-state index contributed by atoms with van der Waals surface area (Å²) in [6.45, 7) is 9.21. The highest BCUT2D eigenvalue weighted by atomic mass is 16.5. The van der Waals surface area contributed by atoms with E-state index in [1.807, 2.05) is 30.3 Å². The van der Waals surface area contributed by atoms with Crippen molar-refractivity contribution in [3.8, 4) is 0 Å². The summed E-state index contributed by atoms with van der Waals surface area (Å²) in [5.74, 6) is 0.738. The predicted molar refractivity (Wildman–Crippen MR) is 99.7 cm³/mol. The molecule has 0 spiro atoms. The molecule has 0 saturated carbocycles. The third kappa shape index (κ3) is 4.45. The largest absolute Gasteiger partial charge is 0.380 e. The van der Waals surface area contributed by atoms with Crippen molar-refractivity contribution in [2.75, 3.05) is 12.4 Å². The molecule has 3 nitrogen and oxygen atoms in total. The van der Waals surface area contributed by atoms with Gasteiger partial charge in [0.15, 0.2) is 0 Å². The maximum absolute atomic E-state index is 12.5. The molecule has 24 heavy (non-hydrogen) atoms. The molecule has 3 heteroatoms. The van der Waals surface area contributed by atoms with Gasteiger partial charge >= 0.3 is 0 Å². The lowest BCUT2D eigenvalue weighted by Gasteiger charge is -2.17. The van der Waals surface area contributed by atoms with Gasteiger partial charge in [-0.15, -0.1) is 0 Å². The summed E-state index contributed by atoms with van der Waals surface area (Å²) < 4.78 is 5.10. The van der Waals surface area contributed by atoms with Crippen LogP contribution in [0.4, 0.5) is 5.69 Å². The number of benzene rings is 2. The molecule has 0 unspecified atom stereocenters. The van der Waals surface area contributed by atoms with Crippen molar-refractivity contribution in [2.45, 2.75) is 46.1 Å². The van der Waals surface area contributed by atoms with Gasteiger partial charge in [0, 0.05) is 18.4 Å². The molecule has 2 aromatic rings. The van der Waals surface area contributed by atoms with Crippen molar-refractivity contribution < 1.29 is 9.53 Å². The van der Waals surface area contributed by atoms with Crippen LogP contribution in [0.5, 0.6) is 0 Å². The van der Waals surface area contributed by atoms with Crippen LogP contribution in [0, 0.1) is 0 Å². The first-order valence-electron chi connectivity index (χ1n) is 8.45. The Kier molecular flexibility index (Phi) is 6.16. The Labute approximate surface area is 145 Å². The summed E-state index contributed by atoms with van der Waals surface area (Å²) in [5.41, 5.74) is 5.06. The zero-order chi connectivity index (χ0) is 17.7. The fourth-order valence-electron chi connectivity index (χ4n) is 2.65. The SMILES string of the molecule is COCc1ccc(C(=O)Nc2ccc(C(C)C)cc2C(C)C)cc1. The first kappa shape index (κ1) is 18.2. The minimum absolute atomic E-state index is 0.0850. The first-order chi connectivity index (χ1) is 11.4. The van der Waals surface area contributed by atoms with Crippen molar-refractivity contribution in [1.82, 2.24) is 0 Å². The molecule has 0 aliphatic heterocycles. The molecule has 0 bridgehead atoms. The number of nitrogens with one attached hydrogen (secondary N) is 1. The minimum Gasteiger partial charge on any atom is -0.380 e. The Hall–Kier alpha value is -2.13. The van der Waals surface area contributed by atoms with Crippen LogP contribution in [0.25, 0.3) is 0 Å². The fraction of sp³-hybridized carbons (Fsp3) is 0.381. The smallest absolute Gasteiger partial charge is 0.255 e. The average Bonchev–Trinajstić information content (AvgIpc) is 2.55. The zero-order valence-corrected chi connectivity index (χ0v) is 15.2. The Balaban J connectivity index is 2.21. The topological polar surface area (TPSA) is 38.3 Å². The molecule has 0 heterocycles. The number of carbonyl (C=O) groups is 1. The fourth-order valence-corrected chi connectivity index (χ4v) is 2.65. The molecular weight excluding hydrogens is 298 g/mol. The molecule has 0 radical (unpaired) electrons. The monoisotopic (exact) mass is 325 g/mol. The third-order valence-corrected chi connectivity index (χ3v) is 4.14. The predicted octanol–water partition coefficient (Wildman–Crippen LogP) is 5.33. The highest BCUT2D eigenvalue weighted by Gasteiger charge is 2.13. The van der Waals surface area contributed by atoms with Crippen molar-refractivity contribution in [1.29, 1.82) is 0 Å². The van der Waals surface area contributed by atoms with Crippen LogP contribution in [-0.4, -0.2) is 13.0 Å². The van der Waals surface area contributed by atoms with E-state index in [4.69, 9.17) is 4.74 Å². The molecule has 0 aliphatic carbocycles. The molecule has 1 N–H and O–H groups in total. The Morgan fingerprint density at radius 3 is 2.21 bits per heavy atom. The molecule has 0 fully saturated rings. The van der Waals surface area contributed by atoms with E-state index in [1.165, 1.54) is 11.1 Å². The Bertz CT molecular complexity index is 687. The van der Waals surface area contributed by atoms with Gasteiger partial charge in [-0.05, 0) is 46.7 Å². The lowest BCUT2D eigenvalue weighted by molar-refractivity contribution is 0.102. The Morgan fingerprint density at radius 1 is 1.00 bits per heavy atom. The van der Waals surface area contributed by atoms with Crippen LogP contribution in [0.2, 0.25) is 0 Å². The quantitative estimate of drug-likeness (QED) is 0.779. The second-order valence-electron chi connectivity index (χ2n) is 6.74. The van der Waals surface area contributed by atoms with E-state index in [9.17, 15) is 4.79 Å². The normalized spacial score (nSPS) is 11.1. The number of amides is 1. The van der Waals surface area contributed by atoms with Crippen molar-refractivity contribution in [3.63, 3.8) is 0 Å². The lowest BCUT2D eigenvalue weighted by atomic mass is 9.94. The van der Waals surface area contributed by atoms with E-state index >= 15 is 0 Å². The van der Waals surface area contributed by atoms with E-state index in [-0.39, 0.29) is 5.91 Å². The molecule has 1 amide bonds. The molecule has 0 atom stereocenters. The van der Waals surface area contributed by atoms with E-state index < -0.39 is 0 Å². The summed E-state index contributed by atoms with van der Waals surface area (Å²) in [6.07, 6.45) is 0. The van der Waals surface area contributed by atoms with Crippen LogP contribution in [0.1, 0.15) is 66.6 Å². The summed E-state index contributed by atoms with van der Waals surface area (Å²) in [4.78, 5) is 12.5. The van der Waals surface area contributed by atoms with Crippen LogP contribution >= 0.6 is 0 Å². The third-order valence-electron chi connectivity index (χ3n) is 4.14. The number of carbonyl (C=O) groups excluding carboxylic acids is 1. The van der Waals surface area contributed by atoms with Crippen LogP contribution < -0.4 is 5.32 Å². The van der Waals surface area contributed by atoms with Crippen molar-refractivity contribution >= 4 is 11.6 Å². The molecule has 128 valence electrons. The number of methoxy groups -OCH3 is 1.